The van der Waals surface area contributed by atoms with Crippen LogP contribution in [0.2, 0.25) is 0 Å². The van der Waals surface area contributed by atoms with E-state index in [9.17, 15) is 0 Å². The Balaban J connectivity index is 1.17. The predicted octanol–water partition coefficient (Wildman–Crippen LogP) is 15.3. The molecule has 274 valence electrons. The van der Waals surface area contributed by atoms with Crippen molar-refractivity contribution in [2.45, 2.75) is 38.5 Å². The fourth-order valence-corrected chi connectivity index (χ4v) is 10.9. The molecule has 9 aromatic carbocycles. The second-order valence-corrected chi connectivity index (χ2v) is 17.5. The zero-order chi connectivity index (χ0) is 38.9. The van der Waals surface area contributed by atoms with Crippen LogP contribution in [0.3, 0.4) is 0 Å². The van der Waals surface area contributed by atoms with Crippen molar-refractivity contribution >= 4 is 43.2 Å². The average molecular weight is 740 g/mol. The molecule has 2 aliphatic carbocycles. The molecule has 0 N–H and O–H groups in total. The van der Waals surface area contributed by atoms with Crippen molar-refractivity contribution in [3.8, 4) is 55.6 Å². The van der Waals surface area contributed by atoms with Gasteiger partial charge in [-0.1, -0.05) is 167 Å². The van der Waals surface area contributed by atoms with Gasteiger partial charge < -0.3 is 0 Å². The van der Waals surface area contributed by atoms with Gasteiger partial charge >= 0.3 is 0 Å². The third kappa shape index (κ3) is 4.50. The lowest BCUT2D eigenvalue weighted by molar-refractivity contribution is 0.660. The van der Waals surface area contributed by atoms with Crippen LogP contribution in [0.25, 0.3) is 98.9 Å². The fourth-order valence-electron chi connectivity index (χ4n) is 10.9. The van der Waals surface area contributed by atoms with Gasteiger partial charge in [0.25, 0.3) is 0 Å². The van der Waals surface area contributed by atoms with E-state index >= 15 is 0 Å². The molecule has 0 spiro atoms. The highest BCUT2D eigenvalue weighted by Gasteiger charge is 2.37. The van der Waals surface area contributed by atoms with Gasteiger partial charge in [0.15, 0.2) is 0 Å². The van der Waals surface area contributed by atoms with Crippen molar-refractivity contribution < 1.29 is 0 Å². The summed E-state index contributed by atoms with van der Waals surface area (Å²) in [4.78, 5) is 4.86. The monoisotopic (exact) mass is 739 g/mol. The number of hydrogen-bond acceptors (Lipinski definition) is 1. The molecular formula is C57H41N. The largest absolute Gasteiger partial charge is 0.256 e. The lowest BCUT2D eigenvalue weighted by Gasteiger charge is -2.24. The van der Waals surface area contributed by atoms with E-state index in [1.165, 1.54) is 116 Å². The number of benzene rings is 9. The van der Waals surface area contributed by atoms with Crippen molar-refractivity contribution in [1.29, 1.82) is 0 Å². The maximum Gasteiger partial charge on any atom is 0.0714 e. The Bertz CT molecular complexity index is 3400. The van der Waals surface area contributed by atoms with Gasteiger partial charge in [-0.3, -0.25) is 4.98 Å². The van der Waals surface area contributed by atoms with Gasteiger partial charge in [0.05, 0.1) is 5.52 Å². The molecule has 2 aliphatic rings. The van der Waals surface area contributed by atoms with Crippen molar-refractivity contribution in [1.82, 2.24) is 4.98 Å². The number of rotatable bonds is 3. The number of nitrogens with zero attached hydrogens (tertiary/aromatic N) is 1. The minimum Gasteiger partial charge on any atom is -0.256 e. The van der Waals surface area contributed by atoms with Gasteiger partial charge in [0, 0.05) is 22.4 Å². The van der Waals surface area contributed by atoms with E-state index in [2.05, 4.69) is 191 Å². The maximum atomic E-state index is 4.86. The standard InChI is InChI=1S/C57H41N/c1-56(2)49-21-11-9-16-39(49)41-26-24-35(31-51(41)56)54-44-18-7-8-19-45(44)55(36-25-27-42-40-17-10-12-22-50(40)57(3,4)52(42)32-36)48-30-34(23-28-46(48)54)47-33-53-43(20-13-29-58-53)37-14-5-6-15-38(37)47/h5-33H,1-4H3. The Kier molecular flexibility index (Phi) is 6.81. The summed E-state index contributed by atoms with van der Waals surface area (Å²) in [5.41, 5.74) is 19.2. The smallest absolute Gasteiger partial charge is 0.0714 e. The van der Waals surface area contributed by atoms with Gasteiger partial charge in [-0.25, -0.2) is 0 Å². The Morgan fingerprint density at radius 2 is 0.776 bits per heavy atom. The normalized spacial score (nSPS) is 14.5. The van der Waals surface area contributed by atoms with Crippen LogP contribution in [0.1, 0.15) is 49.9 Å². The Labute approximate surface area is 339 Å². The van der Waals surface area contributed by atoms with Crippen LogP contribution < -0.4 is 0 Å². The maximum absolute atomic E-state index is 4.86. The van der Waals surface area contributed by atoms with Gasteiger partial charge in [-0.2, -0.15) is 0 Å². The van der Waals surface area contributed by atoms with E-state index in [4.69, 9.17) is 4.98 Å². The lowest BCUT2D eigenvalue weighted by Crippen LogP contribution is -2.15. The van der Waals surface area contributed by atoms with Crippen LogP contribution in [-0.2, 0) is 10.8 Å². The Hall–Kier alpha value is -6.83. The molecule has 0 atom stereocenters. The molecule has 1 aromatic heterocycles. The zero-order valence-corrected chi connectivity index (χ0v) is 33.2. The van der Waals surface area contributed by atoms with E-state index in [0.29, 0.717) is 0 Å². The van der Waals surface area contributed by atoms with E-state index in [0.717, 1.165) is 5.52 Å². The summed E-state index contributed by atoms with van der Waals surface area (Å²) in [6, 6.07) is 64.0. The summed E-state index contributed by atoms with van der Waals surface area (Å²) in [7, 11) is 0. The first-order chi connectivity index (χ1) is 28.3. The molecule has 1 nitrogen and oxygen atoms in total. The molecule has 1 heterocycles. The first kappa shape index (κ1) is 33.3. The van der Waals surface area contributed by atoms with Gasteiger partial charge in [-0.05, 0) is 141 Å². The van der Waals surface area contributed by atoms with Gasteiger partial charge in [0.1, 0.15) is 0 Å². The number of hydrogen-bond donors (Lipinski definition) is 0. The summed E-state index contributed by atoms with van der Waals surface area (Å²) in [5, 5.41) is 8.70. The third-order valence-electron chi connectivity index (χ3n) is 13.7. The van der Waals surface area contributed by atoms with E-state index in [1.807, 2.05) is 12.3 Å². The molecule has 10 aromatic rings. The Morgan fingerprint density at radius 3 is 1.40 bits per heavy atom. The molecular weight excluding hydrogens is 699 g/mol. The molecule has 0 saturated carbocycles. The molecule has 0 saturated heterocycles. The number of pyridine rings is 1. The molecule has 0 radical (unpaired) electrons. The van der Waals surface area contributed by atoms with Crippen molar-refractivity contribution in [2.24, 2.45) is 0 Å². The van der Waals surface area contributed by atoms with Crippen LogP contribution in [0.5, 0.6) is 0 Å². The number of fused-ring (bicyclic) bond motifs is 11. The highest BCUT2D eigenvalue weighted by atomic mass is 14.6. The second kappa shape index (κ2) is 11.9. The predicted molar refractivity (Wildman–Crippen MR) is 246 cm³/mol. The van der Waals surface area contributed by atoms with E-state index < -0.39 is 0 Å². The highest BCUT2D eigenvalue weighted by Crippen LogP contribution is 2.54. The summed E-state index contributed by atoms with van der Waals surface area (Å²) in [6.45, 7) is 9.52. The lowest BCUT2D eigenvalue weighted by atomic mass is 9.79. The van der Waals surface area contributed by atoms with Crippen LogP contribution in [0.15, 0.2) is 176 Å². The van der Waals surface area contributed by atoms with Crippen LogP contribution >= 0.6 is 0 Å². The van der Waals surface area contributed by atoms with E-state index in [1.54, 1.807) is 0 Å². The molecule has 58 heavy (non-hydrogen) atoms. The minimum absolute atomic E-state index is 0.0966. The van der Waals surface area contributed by atoms with Crippen molar-refractivity contribution in [3.63, 3.8) is 0 Å². The first-order valence-corrected chi connectivity index (χ1v) is 20.5. The topological polar surface area (TPSA) is 12.9 Å². The average Bonchev–Trinajstić information content (AvgIpc) is 3.64. The van der Waals surface area contributed by atoms with Gasteiger partial charge in [-0.15, -0.1) is 0 Å². The minimum atomic E-state index is -0.107. The summed E-state index contributed by atoms with van der Waals surface area (Å²) >= 11 is 0. The molecule has 0 amide bonds. The molecule has 12 rings (SSSR count). The van der Waals surface area contributed by atoms with Gasteiger partial charge in [0.2, 0.25) is 0 Å². The van der Waals surface area contributed by atoms with Crippen LogP contribution in [0.4, 0.5) is 0 Å². The fraction of sp³-hybridized carbons (Fsp3) is 0.105. The molecule has 0 aliphatic heterocycles. The van der Waals surface area contributed by atoms with Crippen LogP contribution in [-0.4, -0.2) is 4.98 Å². The quantitative estimate of drug-likeness (QED) is 0.130. The third-order valence-corrected chi connectivity index (χ3v) is 13.7. The molecule has 0 unspecified atom stereocenters. The van der Waals surface area contributed by atoms with Crippen molar-refractivity contribution in [3.05, 3.63) is 198 Å². The van der Waals surface area contributed by atoms with Crippen molar-refractivity contribution in [2.75, 3.05) is 0 Å². The molecule has 0 fully saturated rings. The van der Waals surface area contributed by atoms with Crippen LogP contribution in [0, 0.1) is 0 Å². The molecule has 0 bridgehead atoms. The SMILES string of the molecule is CC1(C)c2ccccc2-c2ccc(-c3c4ccccc4c(-c4ccc5c(c4)C(C)(C)c4ccccc4-5)c4cc(-c5cc6ncccc6c6ccccc56)ccc34)cc21. The molecule has 1 heteroatoms. The Morgan fingerprint density at radius 1 is 0.310 bits per heavy atom. The summed E-state index contributed by atoms with van der Waals surface area (Å²) in [6.07, 6.45) is 1.90. The second-order valence-electron chi connectivity index (χ2n) is 17.5. The first-order valence-electron chi connectivity index (χ1n) is 20.5. The zero-order valence-electron chi connectivity index (χ0n) is 33.2. The summed E-state index contributed by atoms with van der Waals surface area (Å²) in [5.74, 6) is 0. The van der Waals surface area contributed by atoms with E-state index in [-0.39, 0.29) is 10.8 Å². The number of aromatic nitrogens is 1. The highest BCUT2D eigenvalue weighted by molar-refractivity contribution is 6.23. The summed E-state index contributed by atoms with van der Waals surface area (Å²) < 4.78 is 0.